The lowest BCUT2D eigenvalue weighted by Gasteiger charge is -2.23. The molecule has 7 nitrogen and oxygen atoms in total. The van der Waals surface area contributed by atoms with Crippen LogP contribution in [0.1, 0.15) is 32.0 Å². The summed E-state index contributed by atoms with van der Waals surface area (Å²) in [6.07, 6.45) is 4.32. The minimum absolute atomic E-state index is 0.00309. The fraction of sp³-hybridized carbons (Fsp3) is 0.211. The van der Waals surface area contributed by atoms with E-state index in [1.165, 1.54) is 18.6 Å². The number of halogens is 1. The number of ether oxygens (including phenoxy) is 1. The number of nitrogens with two attached hydrogens (primary N) is 1. The van der Waals surface area contributed by atoms with Crippen LogP contribution >= 0.6 is 0 Å². The molecule has 2 aromatic heterocycles. The molecule has 0 radical (unpaired) electrons. The molecule has 3 rings (SSSR count). The quantitative estimate of drug-likeness (QED) is 0.755. The average molecular weight is 364 g/mol. The van der Waals surface area contributed by atoms with Crippen LogP contribution in [0.4, 0.5) is 10.2 Å². The molecule has 0 spiro atoms. The SMILES string of the molecule is CC(C)(C)c1ccc(-c2cnc(N)c(C#N)n2)c(F)c1Oc1ncccn1. The van der Waals surface area contributed by atoms with Crippen LogP contribution in [0.15, 0.2) is 36.8 Å². The van der Waals surface area contributed by atoms with Crippen LogP contribution < -0.4 is 10.5 Å². The molecule has 0 atom stereocenters. The van der Waals surface area contributed by atoms with Crippen LogP contribution in [-0.4, -0.2) is 19.9 Å². The van der Waals surface area contributed by atoms with Crippen molar-refractivity contribution in [3.63, 3.8) is 0 Å². The fourth-order valence-corrected chi connectivity index (χ4v) is 2.48. The lowest BCUT2D eigenvalue weighted by Crippen LogP contribution is -2.14. The highest BCUT2D eigenvalue weighted by Crippen LogP contribution is 2.39. The van der Waals surface area contributed by atoms with Gasteiger partial charge in [0, 0.05) is 23.5 Å². The lowest BCUT2D eigenvalue weighted by molar-refractivity contribution is 0.394. The standard InChI is InChI=1S/C19H17FN6O/c1-19(2,3)12-6-5-11(14-10-25-17(22)13(9-21)26-14)15(20)16(12)27-18-23-7-4-8-24-18/h4-8,10H,1-3H3,(H2,22,25). The zero-order valence-electron chi connectivity index (χ0n) is 15.1. The van der Waals surface area contributed by atoms with Crippen molar-refractivity contribution in [1.82, 2.24) is 19.9 Å². The van der Waals surface area contributed by atoms with Gasteiger partial charge in [0.05, 0.1) is 11.9 Å². The molecule has 0 amide bonds. The molecule has 0 aliphatic heterocycles. The molecule has 0 saturated heterocycles. The van der Waals surface area contributed by atoms with E-state index in [2.05, 4.69) is 19.9 Å². The highest BCUT2D eigenvalue weighted by Gasteiger charge is 2.26. The van der Waals surface area contributed by atoms with Crippen molar-refractivity contribution in [2.75, 3.05) is 5.73 Å². The van der Waals surface area contributed by atoms with Gasteiger partial charge in [-0.25, -0.2) is 24.3 Å². The number of nitriles is 1. The number of anilines is 1. The van der Waals surface area contributed by atoms with E-state index < -0.39 is 11.2 Å². The third-order valence-electron chi connectivity index (χ3n) is 3.82. The second kappa shape index (κ2) is 6.96. The van der Waals surface area contributed by atoms with Crippen molar-refractivity contribution in [3.8, 4) is 29.1 Å². The van der Waals surface area contributed by atoms with Crippen molar-refractivity contribution in [3.05, 3.63) is 53.9 Å². The summed E-state index contributed by atoms with van der Waals surface area (Å²) in [5.74, 6) is -0.650. The second-order valence-corrected chi connectivity index (χ2v) is 6.79. The Morgan fingerprint density at radius 2 is 1.85 bits per heavy atom. The van der Waals surface area contributed by atoms with Gasteiger partial charge < -0.3 is 10.5 Å². The zero-order valence-corrected chi connectivity index (χ0v) is 15.1. The Labute approximate surface area is 155 Å². The van der Waals surface area contributed by atoms with Gasteiger partial charge in [0.2, 0.25) is 0 Å². The Balaban J connectivity index is 2.18. The van der Waals surface area contributed by atoms with Crippen molar-refractivity contribution in [2.24, 2.45) is 0 Å². The number of benzene rings is 1. The molecule has 2 heterocycles. The minimum atomic E-state index is -0.641. The molecule has 0 bridgehead atoms. The largest absolute Gasteiger partial charge is 0.421 e. The molecular weight excluding hydrogens is 347 g/mol. The summed E-state index contributed by atoms with van der Waals surface area (Å²) >= 11 is 0. The highest BCUT2D eigenvalue weighted by atomic mass is 19.1. The Hall–Kier alpha value is -3.60. The Bertz CT molecular complexity index is 1020. The number of nitrogen functional groups attached to an aromatic ring is 1. The third kappa shape index (κ3) is 3.67. The first kappa shape index (κ1) is 18.2. The Morgan fingerprint density at radius 1 is 1.15 bits per heavy atom. The first-order chi connectivity index (χ1) is 12.8. The molecule has 136 valence electrons. The summed E-state index contributed by atoms with van der Waals surface area (Å²) in [5, 5.41) is 9.09. The summed E-state index contributed by atoms with van der Waals surface area (Å²) in [6, 6.07) is 6.84. The van der Waals surface area contributed by atoms with E-state index in [1.54, 1.807) is 18.2 Å². The maximum Gasteiger partial charge on any atom is 0.321 e. The maximum atomic E-state index is 15.4. The summed E-state index contributed by atoms with van der Waals surface area (Å²) in [4.78, 5) is 16.0. The van der Waals surface area contributed by atoms with Crippen LogP contribution in [0.2, 0.25) is 0 Å². The Kier molecular flexibility index (Phi) is 4.69. The van der Waals surface area contributed by atoms with E-state index in [-0.39, 0.29) is 34.5 Å². The first-order valence-electron chi connectivity index (χ1n) is 8.12. The molecule has 0 aliphatic carbocycles. The smallest absolute Gasteiger partial charge is 0.321 e. The topological polar surface area (TPSA) is 111 Å². The van der Waals surface area contributed by atoms with Gasteiger partial charge in [-0.2, -0.15) is 5.26 Å². The summed E-state index contributed by atoms with van der Waals surface area (Å²) in [5.41, 5.74) is 6.09. The molecule has 8 heteroatoms. The van der Waals surface area contributed by atoms with Gasteiger partial charge in [-0.1, -0.05) is 26.8 Å². The van der Waals surface area contributed by atoms with Gasteiger partial charge in [0.1, 0.15) is 6.07 Å². The van der Waals surface area contributed by atoms with Crippen LogP contribution in [0, 0.1) is 17.1 Å². The average Bonchev–Trinajstić information content (AvgIpc) is 2.64. The van der Waals surface area contributed by atoms with E-state index >= 15 is 4.39 Å². The highest BCUT2D eigenvalue weighted by molar-refractivity contribution is 5.65. The molecule has 0 aliphatic rings. The van der Waals surface area contributed by atoms with E-state index in [1.807, 2.05) is 26.8 Å². The molecule has 0 fully saturated rings. The van der Waals surface area contributed by atoms with Gasteiger partial charge in [-0.15, -0.1) is 0 Å². The van der Waals surface area contributed by atoms with E-state index in [9.17, 15) is 0 Å². The lowest BCUT2D eigenvalue weighted by atomic mass is 9.85. The summed E-state index contributed by atoms with van der Waals surface area (Å²) in [6.45, 7) is 5.82. The minimum Gasteiger partial charge on any atom is -0.421 e. The first-order valence-corrected chi connectivity index (χ1v) is 8.12. The van der Waals surface area contributed by atoms with Crippen LogP contribution in [0.3, 0.4) is 0 Å². The van der Waals surface area contributed by atoms with Gasteiger partial charge in [0.25, 0.3) is 0 Å². The number of nitrogens with zero attached hydrogens (tertiary/aromatic N) is 5. The molecular formula is C19H17FN6O. The fourth-order valence-electron chi connectivity index (χ4n) is 2.48. The number of hydrogen-bond acceptors (Lipinski definition) is 7. The van der Waals surface area contributed by atoms with Crippen LogP contribution in [-0.2, 0) is 5.41 Å². The number of aromatic nitrogens is 4. The molecule has 1 aromatic carbocycles. The summed E-state index contributed by atoms with van der Waals surface area (Å²) in [7, 11) is 0. The zero-order chi connectivity index (χ0) is 19.6. The second-order valence-electron chi connectivity index (χ2n) is 6.79. The van der Waals surface area contributed by atoms with Gasteiger partial charge in [-0.3, -0.25) is 0 Å². The van der Waals surface area contributed by atoms with Gasteiger partial charge in [0.15, 0.2) is 23.1 Å². The van der Waals surface area contributed by atoms with Crippen molar-refractivity contribution < 1.29 is 9.13 Å². The predicted octanol–water partition coefficient (Wildman–Crippen LogP) is 3.62. The van der Waals surface area contributed by atoms with E-state index in [0.717, 1.165) is 0 Å². The maximum absolute atomic E-state index is 15.4. The normalized spacial score (nSPS) is 11.1. The van der Waals surface area contributed by atoms with Gasteiger partial charge in [-0.05, 0) is 17.5 Å². The molecule has 0 unspecified atom stereocenters. The van der Waals surface area contributed by atoms with Crippen molar-refractivity contribution in [2.45, 2.75) is 26.2 Å². The molecule has 0 saturated carbocycles. The van der Waals surface area contributed by atoms with Crippen LogP contribution in [0.5, 0.6) is 11.8 Å². The molecule has 3 aromatic rings. The third-order valence-corrected chi connectivity index (χ3v) is 3.82. The van der Waals surface area contributed by atoms with Gasteiger partial charge >= 0.3 is 6.01 Å². The number of rotatable bonds is 3. The molecule has 27 heavy (non-hydrogen) atoms. The van der Waals surface area contributed by atoms with Crippen molar-refractivity contribution in [1.29, 1.82) is 5.26 Å². The molecule has 2 N–H and O–H groups in total. The van der Waals surface area contributed by atoms with Crippen molar-refractivity contribution >= 4 is 5.82 Å². The summed E-state index contributed by atoms with van der Waals surface area (Å²) < 4.78 is 21.1. The van der Waals surface area contributed by atoms with E-state index in [0.29, 0.717) is 5.56 Å². The van der Waals surface area contributed by atoms with E-state index in [4.69, 9.17) is 15.7 Å². The van der Waals surface area contributed by atoms with Crippen LogP contribution in [0.25, 0.3) is 11.3 Å². The predicted molar refractivity (Wildman–Crippen MR) is 97.4 cm³/mol. The number of hydrogen-bond donors (Lipinski definition) is 1. The Morgan fingerprint density at radius 3 is 2.48 bits per heavy atom. The monoisotopic (exact) mass is 364 g/mol.